The molecule has 7 nitrogen and oxygen atoms in total. The second kappa shape index (κ2) is 9.36. The lowest BCUT2D eigenvalue weighted by Crippen LogP contribution is -2.65. The van der Waals surface area contributed by atoms with Gasteiger partial charge in [0.15, 0.2) is 6.17 Å². The minimum atomic E-state index is -3.37. The third-order valence-electron chi connectivity index (χ3n) is 4.35. The van der Waals surface area contributed by atoms with Crippen molar-refractivity contribution in [3.8, 4) is 0 Å². The zero-order chi connectivity index (χ0) is 20.1. The molecule has 1 aliphatic rings. The van der Waals surface area contributed by atoms with Crippen molar-refractivity contribution in [3.05, 3.63) is 0 Å². The number of alkyl halides is 2. The molecule has 0 amide bonds. The van der Waals surface area contributed by atoms with Crippen LogP contribution in [-0.4, -0.2) is 54.6 Å². The van der Waals surface area contributed by atoms with Gasteiger partial charge >= 0.3 is 17.8 Å². The monoisotopic (exact) mass is 379 g/mol. The molecule has 2 N–H and O–H groups in total. The maximum absolute atomic E-state index is 15.0. The van der Waals surface area contributed by atoms with Crippen LogP contribution in [0.4, 0.5) is 8.78 Å². The summed E-state index contributed by atoms with van der Waals surface area (Å²) in [5.41, 5.74) is 5.83. The lowest BCUT2D eigenvalue weighted by molar-refractivity contribution is -0.270. The lowest BCUT2D eigenvalue weighted by Gasteiger charge is -2.45. The van der Waals surface area contributed by atoms with Crippen LogP contribution in [0.1, 0.15) is 47.0 Å². The number of esters is 2. The number of carbonyl (C=O) groups is 3. The zero-order valence-electron chi connectivity index (χ0n) is 15.5. The molecule has 0 radical (unpaired) electrons. The van der Waals surface area contributed by atoms with Crippen molar-refractivity contribution in [3.63, 3.8) is 0 Å². The van der Waals surface area contributed by atoms with Crippen molar-refractivity contribution in [2.45, 2.75) is 77.2 Å². The van der Waals surface area contributed by atoms with E-state index in [0.717, 1.165) is 0 Å². The summed E-state index contributed by atoms with van der Waals surface area (Å²) in [6, 6.07) is -1.46. The molecule has 1 saturated heterocycles. The summed E-state index contributed by atoms with van der Waals surface area (Å²) in [5, 5.41) is 0. The third kappa shape index (κ3) is 5.20. The Morgan fingerprint density at radius 2 is 1.88 bits per heavy atom. The highest BCUT2D eigenvalue weighted by molar-refractivity contribution is 5.79. The Morgan fingerprint density at radius 1 is 1.27 bits per heavy atom. The number of hydrogen-bond acceptors (Lipinski definition) is 7. The molecule has 1 aliphatic heterocycles. The molecular weight excluding hydrogens is 352 g/mol. The first-order valence-corrected chi connectivity index (χ1v) is 8.66. The van der Waals surface area contributed by atoms with Crippen LogP contribution in [0.5, 0.6) is 0 Å². The van der Waals surface area contributed by atoms with Gasteiger partial charge in [-0.2, -0.15) is 4.39 Å². The minimum Gasteiger partial charge on any atom is -0.462 e. The van der Waals surface area contributed by atoms with Crippen LogP contribution in [-0.2, 0) is 28.6 Å². The molecule has 150 valence electrons. The van der Waals surface area contributed by atoms with E-state index in [0.29, 0.717) is 6.42 Å². The SMILES string of the molecule is CCOC(=O)[C@]1(F)OC(C[C@@H](CC)OC(C)=O)[C@H](CC(C)=O)[C@H](N)C1F. The van der Waals surface area contributed by atoms with Crippen molar-refractivity contribution < 1.29 is 37.4 Å². The maximum Gasteiger partial charge on any atom is 0.375 e. The van der Waals surface area contributed by atoms with Crippen LogP contribution >= 0.6 is 0 Å². The summed E-state index contributed by atoms with van der Waals surface area (Å²) in [4.78, 5) is 34.7. The lowest BCUT2D eigenvalue weighted by atomic mass is 9.79. The number of hydrogen-bond donors (Lipinski definition) is 1. The second-order valence-corrected chi connectivity index (χ2v) is 6.45. The molecule has 0 aromatic carbocycles. The minimum absolute atomic E-state index is 0.0283. The Hall–Kier alpha value is -1.61. The van der Waals surface area contributed by atoms with E-state index >= 15 is 4.39 Å². The fourth-order valence-corrected chi connectivity index (χ4v) is 3.09. The van der Waals surface area contributed by atoms with Crippen LogP contribution in [0.15, 0.2) is 0 Å². The van der Waals surface area contributed by atoms with Gasteiger partial charge in [-0.05, 0) is 20.3 Å². The van der Waals surface area contributed by atoms with Crippen LogP contribution in [0.25, 0.3) is 0 Å². The van der Waals surface area contributed by atoms with Crippen LogP contribution in [0.2, 0.25) is 0 Å². The van der Waals surface area contributed by atoms with Gasteiger partial charge in [-0.1, -0.05) is 6.92 Å². The summed E-state index contributed by atoms with van der Waals surface area (Å²) < 4.78 is 44.5. The summed E-state index contributed by atoms with van der Waals surface area (Å²) in [6.45, 7) is 5.54. The summed E-state index contributed by atoms with van der Waals surface area (Å²) in [6.07, 6.45) is -4.03. The van der Waals surface area contributed by atoms with Gasteiger partial charge in [-0.25, -0.2) is 9.18 Å². The predicted octanol–water partition coefficient (Wildman–Crippen LogP) is 1.61. The first-order chi connectivity index (χ1) is 12.1. The van der Waals surface area contributed by atoms with Crippen LogP contribution in [0, 0.1) is 5.92 Å². The Labute approximate surface area is 151 Å². The molecule has 1 rings (SSSR count). The number of nitrogens with two attached hydrogens (primary N) is 1. The predicted molar refractivity (Wildman–Crippen MR) is 87.5 cm³/mol. The topological polar surface area (TPSA) is 105 Å². The van der Waals surface area contributed by atoms with Gasteiger partial charge in [0.2, 0.25) is 0 Å². The van der Waals surface area contributed by atoms with Crippen molar-refractivity contribution >= 4 is 17.7 Å². The Kier molecular flexibility index (Phi) is 8.08. The molecule has 1 fully saturated rings. The van der Waals surface area contributed by atoms with Crippen molar-refractivity contribution in [1.29, 1.82) is 0 Å². The van der Waals surface area contributed by atoms with Crippen LogP contribution in [0.3, 0.4) is 0 Å². The number of rotatable bonds is 8. The fraction of sp³-hybridized carbons (Fsp3) is 0.824. The quantitative estimate of drug-likeness (QED) is 0.639. The highest BCUT2D eigenvalue weighted by Gasteiger charge is 2.61. The fourth-order valence-electron chi connectivity index (χ4n) is 3.09. The molecule has 1 heterocycles. The first-order valence-electron chi connectivity index (χ1n) is 8.66. The molecule has 0 aromatic heterocycles. The molecule has 6 atom stereocenters. The van der Waals surface area contributed by atoms with Crippen molar-refractivity contribution in [1.82, 2.24) is 0 Å². The molecule has 0 aliphatic carbocycles. The van der Waals surface area contributed by atoms with Crippen molar-refractivity contribution in [2.75, 3.05) is 6.61 Å². The summed E-state index contributed by atoms with van der Waals surface area (Å²) in [7, 11) is 0. The third-order valence-corrected chi connectivity index (χ3v) is 4.35. The number of ether oxygens (including phenoxy) is 3. The molecule has 0 bridgehead atoms. The molecule has 26 heavy (non-hydrogen) atoms. The van der Waals surface area contributed by atoms with Gasteiger partial charge in [0, 0.05) is 31.7 Å². The number of Topliss-reactive ketones (excluding diaryl/α,β-unsaturated/α-hetero) is 1. The van der Waals surface area contributed by atoms with Gasteiger partial charge in [-0.3, -0.25) is 4.79 Å². The number of carbonyl (C=O) groups excluding carboxylic acids is 3. The summed E-state index contributed by atoms with van der Waals surface area (Å²) >= 11 is 0. The number of halogens is 2. The standard InChI is InChI=1S/C17H27F2NO6/c1-5-11(25-10(4)22)8-13-12(7-9(3)21)14(20)15(18)17(19,26-13)16(23)24-6-2/h11-15H,5-8,20H2,1-4H3/t11-,12+,13?,14+,15?,17-/m1/s1. The zero-order valence-corrected chi connectivity index (χ0v) is 15.5. The average molecular weight is 379 g/mol. The molecular formula is C17H27F2NO6. The molecule has 0 spiro atoms. The van der Waals surface area contributed by atoms with E-state index in [-0.39, 0.29) is 25.2 Å². The Bertz CT molecular complexity index is 531. The highest BCUT2D eigenvalue weighted by atomic mass is 19.2. The number of ketones is 1. The molecule has 0 aromatic rings. The largest absolute Gasteiger partial charge is 0.462 e. The van der Waals surface area contributed by atoms with E-state index in [4.69, 9.17) is 15.2 Å². The van der Waals surface area contributed by atoms with E-state index in [1.165, 1.54) is 20.8 Å². The van der Waals surface area contributed by atoms with Gasteiger partial charge in [-0.15, -0.1) is 0 Å². The van der Waals surface area contributed by atoms with Gasteiger partial charge in [0.1, 0.15) is 11.9 Å². The Balaban J connectivity index is 3.14. The van der Waals surface area contributed by atoms with E-state index in [9.17, 15) is 18.8 Å². The molecule has 9 heteroatoms. The van der Waals surface area contributed by atoms with E-state index in [1.807, 2.05) is 0 Å². The normalized spacial score (nSPS) is 32.6. The molecule has 0 saturated carbocycles. The average Bonchev–Trinajstić information content (AvgIpc) is 2.55. The van der Waals surface area contributed by atoms with Crippen molar-refractivity contribution in [2.24, 2.45) is 11.7 Å². The van der Waals surface area contributed by atoms with Gasteiger partial charge < -0.3 is 24.7 Å². The van der Waals surface area contributed by atoms with E-state index in [1.54, 1.807) is 6.92 Å². The molecule has 2 unspecified atom stereocenters. The van der Waals surface area contributed by atoms with Crippen LogP contribution < -0.4 is 5.73 Å². The highest BCUT2D eigenvalue weighted by Crippen LogP contribution is 2.40. The van der Waals surface area contributed by atoms with E-state index < -0.39 is 48.1 Å². The summed E-state index contributed by atoms with van der Waals surface area (Å²) in [5.74, 6) is -6.57. The van der Waals surface area contributed by atoms with E-state index in [2.05, 4.69) is 4.74 Å². The Morgan fingerprint density at radius 3 is 2.35 bits per heavy atom. The maximum atomic E-state index is 15.0. The second-order valence-electron chi connectivity index (χ2n) is 6.45. The smallest absolute Gasteiger partial charge is 0.375 e. The van der Waals surface area contributed by atoms with Gasteiger partial charge in [0.25, 0.3) is 0 Å². The first kappa shape index (κ1) is 22.4. The van der Waals surface area contributed by atoms with Gasteiger partial charge in [0.05, 0.1) is 12.7 Å².